The van der Waals surface area contributed by atoms with E-state index < -0.39 is 0 Å². The molecule has 15 heavy (non-hydrogen) atoms. The summed E-state index contributed by atoms with van der Waals surface area (Å²) in [4.78, 5) is 0. The number of fused-ring (bicyclic) bond motifs is 3. The van der Waals surface area contributed by atoms with Crippen molar-refractivity contribution in [1.82, 2.24) is 0 Å². The quantitative estimate of drug-likeness (QED) is 0.704. The molecule has 0 atom stereocenters. The van der Waals surface area contributed by atoms with Crippen LogP contribution in [0.1, 0.15) is 6.42 Å². The molecular formula is C13H13NO. The predicted molar refractivity (Wildman–Crippen MR) is 62.5 cm³/mol. The Labute approximate surface area is 88.9 Å². The van der Waals surface area contributed by atoms with Crippen LogP contribution in [0.4, 0.5) is 5.69 Å². The number of hydrogen-bond acceptors (Lipinski definition) is 2. The summed E-state index contributed by atoms with van der Waals surface area (Å²) in [7, 11) is 0. The van der Waals surface area contributed by atoms with Gasteiger partial charge in [0, 0.05) is 11.9 Å². The third kappa shape index (κ3) is 1.42. The maximum absolute atomic E-state index is 5.69. The number of rotatable bonds is 0. The van der Waals surface area contributed by atoms with Gasteiger partial charge >= 0.3 is 0 Å². The Hall–Kier alpha value is -1.70. The van der Waals surface area contributed by atoms with E-state index in [1.165, 1.54) is 10.8 Å². The molecule has 0 spiro atoms. The molecule has 1 aliphatic heterocycles. The summed E-state index contributed by atoms with van der Waals surface area (Å²) in [5.74, 6) is 0.978. The minimum absolute atomic E-state index is 0.804. The van der Waals surface area contributed by atoms with Crippen molar-refractivity contribution in [2.24, 2.45) is 0 Å². The standard InChI is InChI=1S/C13H13NO/c1-2-5-11-10(4-1)6-7-12-13(11)14-8-3-9-15-12/h1-2,4-7,14H,3,8-9H2. The van der Waals surface area contributed by atoms with Crippen molar-refractivity contribution in [3.05, 3.63) is 36.4 Å². The first-order valence-corrected chi connectivity index (χ1v) is 5.33. The van der Waals surface area contributed by atoms with E-state index in [4.69, 9.17) is 4.74 Å². The van der Waals surface area contributed by atoms with E-state index in [1.54, 1.807) is 0 Å². The molecule has 76 valence electrons. The summed E-state index contributed by atoms with van der Waals surface area (Å²) >= 11 is 0. The summed E-state index contributed by atoms with van der Waals surface area (Å²) in [6.07, 6.45) is 1.06. The molecule has 2 heteroatoms. The summed E-state index contributed by atoms with van der Waals surface area (Å²) in [6.45, 7) is 1.79. The van der Waals surface area contributed by atoms with Crippen molar-refractivity contribution < 1.29 is 4.74 Å². The molecule has 2 nitrogen and oxygen atoms in total. The van der Waals surface area contributed by atoms with E-state index in [0.29, 0.717) is 0 Å². The van der Waals surface area contributed by atoms with Gasteiger partial charge in [0.2, 0.25) is 0 Å². The lowest BCUT2D eigenvalue weighted by molar-refractivity contribution is 0.323. The Kier molecular flexibility index (Phi) is 1.98. The first-order valence-electron chi connectivity index (χ1n) is 5.33. The smallest absolute Gasteiger partial charge is 0.143 e. The lowest BCUT2D eigenvalue weighted by atomic mass is 10.1. The number of anilines is 1. The SMILES string of the molecule is c1ccc2c3c(ccc2c1)OCCCN3. The van der Waals surface area contributed by atoms with Crippen molar-refractivity contribution in [1.29, 1.82) is 0 Å². The second-order valence-corrected chi connectivity index (χ2v) is 3.79. The third-order valence-corrected chi connectivity index (χ3v) is 2.77. The predicted octanol–water partition coefficient (Wildman–Crippen LogP) is 3.03. The normalized spacial score (nSPS) is 14.9. The second-order valence-electron chi connectivity index (χ2n) is 3.79. The van der Waals surface area contributed by atoms with Crippen LogP contribution in [-0.2, 0) is 0 Å². The van der Waals surface area contributed by atoms with Crippen LogP contribution in [0.3, 0.4) is 0 Å². The van der Waals surface area contributed by atoms with Crippen LogP contribution < -0.4 is 10.1 Å². The molecule has 0 aromatic heterocycles. The molecule has 1 aliphatic rings. The number of benzene rings is 2. The van der Waals surface area contributed by atoms with Crippen LogP contribution in [0.25, 0.3) is 10.8 Å². The lowest BCUT2D eigenvalue weighted by Crippen LogP contribution is -2.00. The minimum atomic E-state index is 0.804. The zero-order valence-corrected chi connectivity index (χ0v) is 8.49. The van der Waals surface area contributed by atoms with Crippen LogP contribution in [0.2, 0.25) is 0 Å². The van der Waals surface area contributed by atoms with Gasteiger partial charge in [0.1, 0.15) is 5.75 Å². The van der Waals surface area contributed by atoms with Crippen LogP contribution in [0.15, 0.2) is 36.4 Å². The Morgan fingerprint density at radius 1 is 1.07 bits per heavy atom. The first-order chi connectivity index (χ1) is 7.45. The average molecular weight is 199 g/mol. The van der Waals surface area contributed by atoms with Gasteiger partial charge < -0.3 is 10.1 Å². The number of nitrogens with one attached hydrogen (secondary N) is 1. The molecule has 1 N–H and O–H groups in total. The Morgan fingerprint density at radius 2 is 2.00 bits per heavy atom. The molecule has 0 radical (unpaired) electrons. The van der Waals surface area contributed by atoms with Gasteiger partial charge in [-0.1, -0.05) is 30.3 Å². The van der Waals surface area contributed by atoms with Gasteiger partial charge in [0.05, 0.1) is 12.3 Å². The van der Waals surface area contributed by atoms with Crippen LogP contribution in [-0.4, -0.2) is 13.2 Å². The van der Waals surface area contributed by atoms with Crippen LogP contribution in [0.5, 0.6) is 5.75 Å². The first kappa shape index (κ1) is 8.60. The fraction of sp³-hybridized carbons (Fsp3) is 0.231. The molecule has 0 unspecified atom stereocenters. The Bertz CT molecular complexity index is 493. The fourth-order valence-corrected chi connectivity index (χ4v) is 2.02. The van der Waals surface area contributed by atoms with Crippen molar-refractivity contribution in [3.63, 3.8) is 0 Å². The van der Waals surface area contributed by atoms with E-state index in [2.05, 4.69) is 41.7 Å². The van der Waals surface area contributed by atoms with Crippen LogP contribution >= 0.6 is 0 Å². The second kappa shape index (κ2) is 3.46. The molecule has 2 aromatic rings. The topological polar surface area (TPSA) is 21.3 Å². The van der Waals surface area contributed by atoms with Crippen molar-refractivity contribution in [3.8, 4) is 5.75 Å². The molecule has 0 fully saturated rings. The maximum Gasteiger partial charge on any atom is 0.143 e. The molecule has 3 rings (SSSR count). The Morgan fingerprint density at radius 3 is 3.00 bits per heavy atom. The third-order valence-electron chi connectivity index (χ3n) is 2.77. The fourth-order valence-electron chi connectivity index (χ4n) is 2.02. The highest BCUT2D eigenvalue weighted by atomic mass is 16.5. The van der Waals surface area contributed by atoms with Gasteiger partial charge in [-0.25, -0.2) is 0 Å². The highest BCUT2D eigenvalue weighted by Gasteiger charge is 2.10. The van der Waals surface area contributed by atoms with E-state index in [-0.39, 0.29) is 0 Å². The molecule has 0 bridgehead atoms. The van der Waals surface area contributed by atoms with Gasteiger partial charge in [0.25, 0.3) is 0 Å². The molecule has 0 saturated heterocycles. The van der Waals surface area contributed by atoms with E-state index >= 15 is 0 Å². The average Bonchev–Trinajstić information content (AvgIpc) is 2.54. The van der Waals surface area contributed by atoms with Gasteiger partial charge in [-0.05, 0) is 17.9 Å². The zero-order valence-electron chi connectivity index (χ0n) is 8.49. The summed E-state index contributed by atoms with van der Waals surface area (Å²) in [6, 6.07) is 12.6. The zero-order chi connectivity index (χ0) is 10.1. The molecule has 1 heterocycles. The highest BCUT2D eigenvalue weighted by Crippen LogP contribution is 2.34. The molecular weight excluding hydrogens is 186 g/mol. The number of hydrogen-bond donors (Lipinski definition) is 1. The summed E-state index contributed by atoms with van der Waals surface area (Å²) < 4.78 is 5.69. The number of ether oxygens (including phenoxy) is 1. The van der Waals surface area contributed by atoms with E-state index in [0.717, 1.165) is 31.0 Å². The summed E-state index contributed by atoms with van der Waals surface area (Å²) in [5.41, 5.74) is 1.14. The van der Waals surface area contributed by atoms with Gasteiger partial charge in [-0.15, -0.1) is 0 Å². The molecule has 2 aromatic carbocycles. The maximum atomic E-state index is 5.69. The Balaban J connectivity index is 2.27. The largest absolute Gasteiger partial charge is 0.491 e. The van der Waals surface area contributed by atoms with Crippen molar-refractivity contribution in [2.75, 3.05) is 18.5 Å². The lowest BCUT2D eigenvalue weighted by Gasteiger charge is -2.10. The highest BCUT2D eigenvalue weighted by molar-refractivity contribution is 5.97. The van der Waals surface area contributed by atoms with Gasteiger partial charge in [-0.2, -0.15) is 0 Å². The monoisotopic (exact) mass is 199 g/mol. The van der Waals surface area contributed by atoms with E-state index in [9.17, 15) is 0 Å². The van der Waals surface area contributed by atoms with Crippen molar-refractivity contribution >= 4 is 16.5 Å². The molecule has 0 saturated carbocycles. The van der Waals surface area contributed by atoms with Gasteiger partial charge in [-0.3, -0.25) is 0 Å². The van der Waals surface area contributed by atoms with Crippen LogP contribution in [0, 0.1) is 0 Å². The molecule has 0 amide bonds. The van der Waals surface area contributed by atoms with Crippen molar-refractivity contribution in [2.45, 2.75) is 6.42 Å². The minimum Gasteiger partial charge on any atom is -0.491 e. The summed E-state index contributed by atoms with van der Waals surface area (Å²) in [5, 5.41) is 5.95. The van der Waals surface area contributed by atoms with E-state index in [1.807, 2.05) is 0 Å². The van der Waals surface area contributed by atoms with Gasteiger partial charge in [0.15, 0.2) is 0 Å². The molecule has 0 aliphatic carbocycles.